The molecule has 1 amide bonds. The molecule has 0 aromatic heterocycles. The van der Waals surface area contributed by atoms with Crippen molar-refractivity contribution in [1.29, 1.82) is 0 Å². The third-order valence-electron chi connectivity index (χ3n) is 7.40. The topological polar surface area (TPSA) is 83.7 Å². The smallest absolute Gasteiger partial charge is 0.332 e. The number of piperidine rings is 1. The van der Waals surface area contributed by atoms with Crippen LogP contribution in [0.2, 0.25) is 10.0 Å². The van der Waals surface area contributed by atoms with E-state index in [1.165, 1.54) is 24.3 Å². The van der Waals surface area contributed by atoms with Gasteiger partial charge in [-0.1, -0.05) is 23.2 Å². The van der Waals surface area contributed by atoms with E-state index in [4.69, 9.17) is 28.9 Å². The number of halogens is 5. The molecule has 0 saturated carbocycles. The number of nitrogens with two attached hydrogens (primary N) is 1. The fourth-order valence-corrected chi connectivity index (χ4v) is 7.30. The van der Waals surface area contributed by atoms with Crippen molar-refractivity contribution in [2.75, 3.05) is 17.4 Å². The van der Waals surface area contributed by atoms with E-state index in [1.54, 1.807) is 4.90 Å². The largest absolute Gasteiger partial charge is 0.416 e. The number of nitrogens with zero attached hydrogens (tertiary/aromatic N) is 2. The average Bonchev–Trinajstić information content (AvgIpc) is 3.05. The van der Waals surface area contributed by atoms with Crippen molar-refractivity contribution in [3.63, 3.8) is 0 Å². The van der Waals surface area contributed by atoms with Gasteiger partial charge in [0.05, 0.1) is 21.2 Å². The number of carbonyl (C=O) groups is 1. The molecule has 2 aliphatic heterocycles. The highest BCUT2D eigenvalue weighted by Crippen LogP contribution is 2.47. The summed E-state index contributed by atoms with van der Waals surface area (Å²) < 4.78 is 68.6. The van der Waals surface area contributed by atoms with Crippen molar-refractivity contribution in [1.82, 2.24) is 4.90 Å². The minimum absolute atomic E-state index is 0.0404. The highest BCUT2D eigenvalue weighted by Gasteiger charge is 2.53. The predicted octanol–water partition coefficient (Wildman–Crippen LogP) is 5.33. The van der Waals surface area contributed by atoms with Crippen LogP contribution in [0, 0.1) is 5.92 Å². The number of alkyl halides is 3. The number of fused-ring (bicyclic) bond motifs is 2. The molecule has 36 heavy (non-hydrogen) atoms. The first-order valence-corrected chi connectivity index (χ1v) is 13.7. The number of amides is 1. The molecule has 2 N–H and O–H groups in total. The fourth-order valence-electron chi connectivity index (χ4n) is 5.48. The SMILES string of the molecule is CC12CCC(CCC1CN)N2C(=O)CN(c1cc(C(F)(F)F)ccc1Cl)S(=O)(=O)c1ccc(Cl)cc1. The average molecular weight is 564 g/mol. The van der Waals surface area contributed by atoms with Crippen molar-refractivity contribution >= 4 is 44.8 Å². The Morgan fingerprint density at radius 2 is 1.81 bits per heavy atom. The summed E-state index contributed by atoms with van der Waals surface area (Å²) in [5, 5.41) is 0.0420. The van der Waals surface area contributed by atoms with Gasteiger partial charge in [-0.25, -0.2) is 8.42 Å². The van der Waals surface area contributed by atoms with E-state index in [0.717, 1.165) is 37.8 Å². The normalized spacial score (nSPS) is 24.1. The Labute approximate surface area is 218 Å². The van der Waals surface area contributed by atoms with E-state index in [9.17, 15) is 26.4 Å². The van der Waals surface area contributed by atoms with E-state index in [-0.39, 0.29) is 26.9 Å². The molecule has 0 aliphatic carbocycles. The lowest BCUT2D eigenvalue weighted by molar-refractivity contribution is -0.140. The van der Waals surface area contributed by atoms with Crippen LogP contribution in [0.1, 0.15) is 38.2 Å². The first kappa shape index (κ1) is 27.0. The lowest BCUT2D eigenvalue weighted by Crippen LogP contribution is -2.60. The van der Waals surface area contributed by atoms with Gasteiger partial charge in [-0.3, -0.25) is 9.10 Å². The standard InChI is InChI=1S/C24H26Cl2F3N3O3S/c1-23-11-10-18(6-2-16(23)13-30)32(23)22(33)14-31(36(34,35)19-7-4-17(25)5-8-19)21-12-15(24(27,28)29)3-9-20(21)26/h3-5,7-9,12,16,18H,2,6,10-11,13-14,30H2,1H3. The van der Waals surface area contributed by atoms with Crippen LogP contribution in [0.25, 0.3) is 0 Å². The van der Waals surface area contributed by atoms with E-state index < -0.39 is 45.4 Å². The van der Waals surface area contributed by atoms with Crippen molar-refractivity contribution in [2.24, 2.45) is 11.7 Å². The molecule has 2 aromatic rings. The van der Waals surface area contributed by atoms with Gasteiger partial charge < -0.3 is 10.6 Å². The summed E-state index contributed by atoms with van der Waals surface area (Å²) in [7, 11) is -4.49. The van der Waals surface area contributed by atoms with Crippen LogP contribution in [0.3, 0.4) is 0 Å². The van der Waals surface area contributed by atoms with Gasteiger partial charge in [-0.15, -0.1) is 0 Å². The maximum Gasteiger partial charge on any atom is 0.416 e. The van der Waals surface area contributed by atoms with Crippen LogP contribution in [-0.4, -0.2) is 43.9 Å². The van der Waals surface area contributed by atoms with E-state index in [2.05, 4.69) is 0 Å². The zero-order valence-electron chi connectivity index (χ0n) is 19.4. The van der Waals surface area contributed by atoms with Crippen LogP contribution in [0.4, 0.5) is 18.9 Å². The quantitative estimate of drug-likeness (QED) is 0.515. The predicted molar refractivity (Wildman–Crippen MR) is 132 cm³/mol. The molecule has 12 heteroatoms. The second-order valence-electron chi connectivity index (χ2n) is 9.45. The van der Waals surface area contributed by atoms with Gasteiger partial charge in [-0.05, 0) is 87.5 Å². The second kappa shape index (κ2) is 9.70. The molecule has 196 valence electrons. The van der Waals surface area contributed by atoms with Gasteiger partial charge in [0.15, 0.2) is 0 Å². The van der Waals surface area contributed by atoms with Gasteiger partial charge in [-0.2, -0.15) is 13.2 Å². The van der Waals surface area contributed by atoms with Crippen LogP contribution in [0.15, 0.2) is 47.4 Å². The van der Waals surface area contributed by atoms with Gasteiger partial charge in [0.1, 0.15) is 6.54 Å². The van der Waals surface area contributed by atoms with Gasteiger partial charge in [0.2, 0.25) is 5.91 Å². The van der Waals surface area contributed by atoms with Gasteiger partial charge in [0.25, 0.3) is 10.0 Å². The highest BCUT2D eigenvalue weighted by molar-refractivity contribution is 7.92. The van der Waals surface area contributed by atoms with Crippen LogP contribution in [0.5, 0.6) is 0 Å². The molecule has 3 unspecified atom stereocenters. The highest BCUT2D eigenvalue weighted by atomic mass is 35.5. The number of hydrogen-bond donors (Lipinski definition) is 1. The molecule has 4 rings (SSSR count). The monoisotopic (exact) mass is 563 g/mol. The van der Waals surface area contributed by atoms with E-state index >= 15 is 0 Å². The maximum absolute atomic E-state index is 13.7. The van der Waals surface area contributed by atoms with Gasteiger partial charge in [0, 0.05) is 16.6 Å². The Bertz CT molecular complexity index is 1260. The lowest BCUT2D eigenvalue weighted by atomic mass is 9.79. The van der Waals surface area contributed by atoms with Gasteiger partial charge >= 0.3 is 6.18 Å². The fraction of sp³-hybridized carbons (Fsp3) is 0.458. The number of hydrogen-bond acceptors (Lipinski definition) is 4. The van der Waals surface area contributed by atoms with E-state index in [1.807, 2.05) is 6.92 Å². The number of anilines is 1. The van der Waals surface area contributed by atoms with Crippen LogP contribution < -0.4 is 10.0 Å². The zero-order chi connectivity index (χ0) is 26.5. The third-order valence-corrected chi connectivity index (χ3v) is 9.75. The summed E-state index contributed by atoms with van der Waals surface area (Å²) >= 11 is 12.1. The molecular weight excluding hydrogens is 538 g/mol. The summed E-state index contributed by atoms with van der Waals surface area (Å²) in [4.78, 5) is 15.2. The minimum atomic E-state index is -4.74. The molecule has 2 heterocycles. The zero-order valence-corrected chi connectivity index (χ0v) is 21.8. The molecule has 2 aliphatic rings. The molecule has 3 atom stereocenters. The summed E-state index contributed by atoms with van der Waals surface area (Å²) in [6, 6.07) is 7.46. The molecule has 0 spiro atoms. The molecular formula is C24H26Cl2F3N3O3S. The Kier molecular flexibility index (Phi) is 7.29. The maximum atomic E-state index is 13.7. The molecule has 2 aromatic carbocycles. The Hall–Kier alpha value is -2.01. The Morgan fingerprint density at radius 1 is 1.14 bits per heavy atom. The number of benzene rings is 2. The lowest BCUT2D eigenvalue weighted by Gasteiger charge is -2.48. The first-order valence-electron chi connectivity index (χ1n) is 11.5. The summed E-state index contributed by atoms with van der Waals surface area (Å²) in [6.45, 7) is 1.60. The van der Waals surface area contributed by atoms with Crippen molar-refractivity contribution < 1.29 is 26.4 Å². The molecule has 6 nitrogen and oxygen atoms in total. The summed E-state index contributed by atoms with van der Waals surface area (Å²) in [5.74, 6) is -0.470. The van der Waals surface area contributed by atoms with Crippen LogP contribution >= 0.6 is 23.2 Å². The van der Waals surface area contributed by atoms with Crippen molar-refractivity contribution in [3.05, 3.63) is 58.1 Å². The summed E-state index contributed by atoms with van der Waals surface area (Å²) in [5.41, 5.74) is 3.91. The number of rotatable bonds is 6. The molecule has 2 fully saturated rings. The number of carbonyl (C=O) groups excluding carboxylic acids is 1. The summed E-state index contributed by atoms with van der Waals surface area (Å²) in [6.07, 6.45) is -1.68. The Morgan fingerprint density at radius 3 is 2.42 bits per heavy atom. The number of sulfonamides is 1. The van der Waals surface area contributed by atoms with E-state index in [0.29, 0.717) is 16.9 Å². The van der Waals surface area contributed by atoms with Crippen molar-refractivity contribution in [3.8, 4) is 0 Å². The van der Waals surface area contributed by atoms with Crippen molar-refractivity contribution in [2.45, 2.75) is 55.3 Å². The first-order chi connectivity index (χ1) is 16.8. The second-order valence-corrected chi connectivity index (χ2v) is 12.2. The molecule has 0 radical (unpaired) electrons. The minimum Gasteiger partial charge on any atom is -0.332 e. The molecule has 2 bridgehead atoms. The van der Waals surface area contributed by atoms with Crippen LogP contribution in [-0.2, 0) is 21.0 Å². The Balaban J connectivity index is 1.80. The third kappa shape index (κ3) is 4.80. The molecule has 2 saturated heterocycles.